The van der Waals surface area contributed by atoms with Crippen LogP contribution in [0.5, 0.6) is 5.75 Å². The van der Waals surface area contributed by atoms with Gasteiger partial charge in [0.25, 0.3) is 0 Å². The normalized spacial score (nSPS) is 10.2. The van der Waals surface area contributed by atoms with Crippen LogP contribution < -0.4 is 4.74 Å². The molecule has 0 spiro atoms. The van der Waals surface area contributed by atoms with E-state index in [4.69, 9.17) is 9.84 Å². The number of hydrogen-bond donors (Lipinski definition) is 1. The fraction of sp³-hybridized carbons (Fsp3) is 0.400. The number of nitrogens with zero attached hydrogens (tertiary/aromatic N) is 1. The fourth-order valence-electron chi connectivity index (χ4n) is 1.05. The van der Waals surface area contributed by atoms with Crippen molar-refractivity contribution in [1.29, 1.82) is 0 Å². The van der Waals surface area contributed by atoms with Crippen molar-refractivity contribution < 1.29 is 14.6 Å². The van der Waals surface area contributed by atoms with Crippen LogP contribution in [0, 0.1) is 0 Å². The zero-order valence-electron chi connectivity index (χ0n) is 8.23. The molecule has 0 atom stereocenters. The highest BCUT2D eigenvalue weighted by Crippen LogP contribution is 2.12. The highest BCUT2D eigenvalue weighted by Gasteiger charge is 2.04. The molecule has 0 saturated carbocycles. The minimum Gasteiger partial charge on any atom is -0.491 e. The van der Waals surface area contributed by atoms with Gasteiger partial charge in [-0.05, 0) is 19.9 Å². The first-order valence-electron chi connectivity index (χ1n) is 4.41. The minimum atomic E-state index is -0.890. The van der Waals surface area contributed by atoms with Crippen molar-refractivity contribution in [3.63, 3.8) is 0 Å². The Labute approximate surface area is 82.5 Å². The summed E-state index contributed by atoms with van der Waals surface area (Å²) >= 11 is 0. The molecule has 0 aliphatic heterocycles. The molecule has 0 aromatic carbocycles. The molecule has 1 N–H and O–H groups in total. The van der Waals surface area contributed by atoms with Crippen LogP contribution in [-0.2, 0) is 11.2 Å². The lowest BCUT2D eigenvalue weighted by Crippen LogP contribution is -2.07. The number of pyridine rings is 1. The second-order valence-electron chi connectivity index (χ2n) is 3.22. The van der Waals surface area contributed by atoms with Gasteiger partial charge in [0, 0.05) is 12.3 Å². The maximum Gasteiger partial charge on any atom is 0.309 e. The Morgan fingerprint density at radius 2 is 2.36 bits per heavy atom. The second kappa shape index (κ2) is 4.60. The number of rotatable bonds is 4. The van der Waals surface area contributed by atoms with Gasteiger partial charge in [0.15, 0.2) is 0 Å². The van der Waals surface area contributed by atoms with Crippen molar-refractivity contribution in [3.8, 4) is 5.75 Å². The standard InChI is InChI=1S/C10H13NO3/c1-7(2)14-9-3-4-11-8(5-9)6-10(12)13/h3-5,7H,6H2,1-2H3,(H,12,13). The van der Waals surface area contributed by atoms with Crippen LogP contribution >= 0.6 is 0 Å². The van der Waals surface area contributed by atoms with Gasteiger partial charge in [0.1, 0.15) is 5.75 Å². The summed E-state index contributed by atoms with van der Waals surface area (Å²) < 4.78 is 5.40. The lowest BCUT2D eigenvalue weighted by Gasteiger charge is -2.09. The maximum absolute atomic E-state index is 10.4. The molecule has 4 nitrogen and oxygen atoms in total. The van der Waals surface area contributed by atoms with Crippen molar-refractivity contribution in [2.24, 2.45) is 0 Å². The number of aliphatic carboxylic acids is 1. The van der Waals surface area contributed by atoms with Gasteiger partial charge < -0.3 is 9.84 Å². The van der Waals surface area contributed by atoms with Gasteiger partial charge in [0.05, 0.1) is 18.2 Å². The van der Waals surface area contributed by atoms with Crippen LogP contribution in [0.1, 0.15) is 19.5 Å². The van der Waals surface area contributed by atoms with E-state index in [2.05, 4.69) is 4.98 Å². The average Bonchev–Trinajstić information content (AvgIpc) is 2.01. The van der Waals surface area contributed by atoms with E-state index in [1.807, 2.05) is 13.8 Å². The van der Waals surface area contributed by atoms with Gasteiger partial charge in [0.2, 0.25) is 0 Å². The number of ether oxygens (including phenoxy) is 1. The lowest BCUT2D eigenvalue weighted by molar-refractivity contribution is -0.136. The van der Waals surface area contributed by atoms with Gasteiger partial charge >= 0.3 is 5.97 Å². The van der Waals surface area contributed by atoms with Crippen LogP contribution in [0.15, 0.2) is 18.3 Å². The number of carboxylic acids is 1. The fourth-order valence-corrected chi connectivity index (χ4v) is 1.05. The second-order valence-corrected chi connectivity index (χ2v) is 3.22. The smallest absolute Gasteiger partial charge is 0.309 e. The molecule has 0 aliphatic carbocycles. The van der Waals surface area contributed by atoms with Crippen molar-refractivity contribution in [3.05, 3.63) is 24.0 Å². The van der Waals surface area contributed by atoms with E-state index < -0.39 is 5.97 Å². The predicted molar refractivity (Wildman–Crippen MR) is 51.3 cm³/mol. The van der Waals surface area contributed by atoms with E-state index in [9.17, 15) is 4.79 Å². The molecule has 14 heavy (non-hydrogen) atoms. The topological polar surface area (TPSA) is 59.4 Å². The van der Waals surface area contributed by atoms with Crippen molar-refractivity contribution in [2.45, 2.75) is 26.4 Å². The summed E-state index contributed by atoms with van der Waals surface area (Å²) in [4.78, 5) is 14.3. The van der Waals surface area contributed by atoms with Crippen molar-refractivity contribution in [1.82, 2.24) is 4.98 Å². The van der Waals surface area contributed by atoms with Crippen LogP contribution in [0.2, 0.25) is 0 Å². The summed E-state index contributed by atoms with van der Waals surface area (Å²) in [6, 6.07) is 3.36. The molecule has 0 bridgehead atoms. The van der Waals surface area contributed by atoms with E-state index >= 15 is 0 Å². The Hall–Kier alpha value is -1.58. The van der Waals surface area contributed by atoms with E-state index in [1.54, 1.807) is 18.3 Å². The Balaban J connectivity index is 2.73. The van der Waals surface area contributed by atoms with E-state index in [0.717, 1.165) is 0 Å². The number of carboxylic acid groups (broad SMARTS) is 1. The largest absolute Gasteiger partial charge is 0.491 e. The highest BCUT2D eigenvalue weighted by atomic mass is 16.5. The molecule has 0 aliphatic rings. The van der Waals surface area contributed by atoms with Gasteiger partial charge in [-0.2, -0.15) is 0 Å². The number of hydrogen-bond acceptors (Lipinski definition) is 3. The number of carbonyl (C=O) groups is 1. The molecule has 4 heteroatoms. The van der Waals surface area contributed by atoms with Crippen LogP contribution in [0.3, 0.4) is 0 Å². The molecule has 0 amide bonds. The zero-order chi connectivity index (χ0) is 10.6. The molecule has 0 saturated heterocycles. The Morgan fingerprint density at radius 3 is 2.93 bits per heavy atom. The summed E-state index contributed by atoms with van der Waals surface area (Å²) in [7, 11) is 0. The van der Waals surface area contributed by atoms with Crippen LogP contribution in [0.25, 0.3) is 0 Å². The van der Waals surface area contributed by atoms with E-state index in [0.29, 0.717) is 11.4 Å². The molecule has 1 aromatic heterocycles. The third-order valence-corrected chi connectivity index (χ3v) is 1.49. The van der Waals surface area contributed by atoms with Gasteiger partial charge in [-0.3, -0.25) is 9.78 Å². The molecular formula is C10H13NO3. The first-order valence-corrected chi connectivity index (χ1v) is 4.41. The monoisotopic (exact) mass is 195 g/mol. The molecule has 1 heterocycles. The predicted octanol–water partition coefficient (Wildman–Crippen LogP) is 1.50. The summed E-state index contributed by atoms with van der Waals surface area (Å²) in [5, 5.41) is 8.56. The molecule has 0 radical (unpaired) electrons. The molecule has 0 unspecified atom stereocenters. The molecule has 0 fully saturated rings. The summed E-state index contributed by atoms with van der Waals surface area (Å²) in [5.74, 6) is -0.231. The van der Waals surface area contributed by atoms with E-state index in [1.165, 1.54) is 0 Å². The molecule has 76 valence electrons. The molecular weight excluding hydrogens is 182 g/mol. The molecule has 1 rings (SSSR count). The van der Waals surface area contributed by atoms with Gasteiger partial charge in [-0.15, -0.1) is 0 Å². The lowest BCUT2D eigenvalue weighted by atomic mass is 10.2. The van der Waals surface area contributed by atoms with Crippen LogP contribution in [-0.4, -0.2) is 22.2 Å². The average molecular weight is 195 g/mol. The summed E-state index contributed by atoms with van der Waals surface area (Å²) in [6.07, 6.45) is 1.56. The third-order valence-electron chi connectivity index (χ3n) is 1.49. The van der Waals surface area contributed by atoms with Crippen LogP contribution in [0.4, 0.5) is 0 Å². The van der Waals surface area contributed by atoms with Gasteiger partial charge in [-0.25, -0.2) is 0 Å². The minimum absolute atomic E-state index is 0.0741. The maximum atomic E-state index is 10.4. The molecule has 1 aromatic rings. The summed E-state index contributed by atoms with van der Waals surface area (Å²) in [5.41, 5.74) is 0.510. The van der Waals surface area contributed by atoms with Crippen molar-refractivity contribution >= 4 is 5.97 Å². The van der Waals surface area contributed by atoms with Gasteiger partial charge in [-0.1, -0.05) is 0 Å². The zero-order valence-corrected chi connectivity index (χ0v) is 8.23. The summed E-state index contributed by atoms with van der Waals surface area (Å²) in [6.45, 7) is 3.83. The Morgan fingerprint density at radius 1 is 1.64 bits per heavy atom. The Bertz CT molecular complexity index is 323. The van der Waals surface area contributed by atoms with E-state index in [-0.39, 0.29) is 12.5 Å². The first-order chi connectivity index (χ1) is 6.58. The number of aromatic nitrogens is 1. The SMILES string of the molecule is CC(C)Oc1ccnc(CC(=O)O)c1. The highest BCUT2D eigenvalue weighted by molar-refractivity contribution is 5.69. The van der Waals surface area contributed by atoms with Crippen molar-refractivity contribution in [2.75, 3.05) is 0 Å². The quantitative estimate of drug-likeness (QED) is 0.790. The first kappa shape index (κ1) is 10.5. The Kier molecular flexibility index (Phi) is 3.45. The third kappa shape index (κ3) is 3.43.